The van der Waals surface area contributed by atoms with Gasteiger partial charge in [0.25, 0.3) is 5.91 Å². The highest BCUT2D eigenvalue weighted by atomic mass is 35.5. The van der Waals surface area contributed by atoms with Gasteiger partial charge in [0.1, 0.15) is 23.0 Å². The molecule has 39 heavy (non-hydrogen) atoms. The van der Waals surface area contributed by atoms with E-state index < -0.39 is 35.8 Å². The predicted molar refractivity (Wildman–Crippen MR) is 137 cm³/mol. The van der Waals surface area contributed by atoms with Gasteiger partial charge in [0, 0.05) is 26.6 Å². The Morgan fingerprint density at radius 2 is 1.82 bits per heavy atom. The average Bonchev–Trinajstić information content (AvgIpc) is 3.32. The molecule has 9 nitrogen and oxygen atoms in total. The molecule has 0 fully saturated rings. The highest BCUT2D eigenvalue weighted by Gasteiger charge is 2.34. The number of carbonyl (C=O) groups is 2. The van der Waals surface area contributed by atoms with Crippen LogP contribution in [0.4, 0.5) is 13.2 Å². The molecule has 0 saturated heterocycles. The van der Waals surface area contributed by atoms with Crippen LogP contribution in [0.25, 0.3) is 22.4 Å². The molecule has 4 aromatic rings. The van der Waals surface area contributed by atoms with E-state index in [2.05, 4.69) is 15.3 Å². The number of benzene rings is 2. The van der Waals surface area contributed by atoms with Crippen LogP contribution in [0.5, 0.6) is 5.75 Å². The smallest absolute Gasteiger partial charge is 0.433 e. The highest BCUT2D eigenvalue weighted by Crippen LogP contribution is 2.37. The molecule has 0 aliphatic rings. The third-order valence-electron chi connectivity index (χ3n) is 5.68. The maximum Gasteiger partial charge on any atom is 0.433 e. The van der Waals surface area contributed by atoms with Crippen LogP contribution in [0.15, 0.2) is 46.9 Å². The number of aromatic nitrogens is 2. The fraction of sp³-hybridized carbons (Fsp3) is 0.200. The maximum absolute atomic E-state index is 13.3. The molecule has 0 bridgehead atoms. The molecular weight excluding hydrogens is 562 g/mol. The highest BCUT2D eigenvalue weighted by molar-refractivity contribution is 6.35. The number of fused-ring (bicyclic) bond motifs is 1. The van der Waals surface area contributed by atoms with E-state index in [9.17, 15) is 22.8 Å². The summed E-state index contributed by atoms with van der Waals surface area (Å²) in [6.07, 6.45) is -4.69. The number of hydrogen-bond donors (Lipinski definition) is 3. The Morgan fingerprint density at radius 1 is 1.10 bits per heavy atom. The molecule has 0 aliphatic carbocycles. The van der Waals surface area contributed by atoms with Crippen LogP contribution in [0.2, 0.25) is 10.0 Å². The summed E-state index contributed by atoms with van der Waals surface area (Å²) in [5.74, 6) is -1.85. The Morgan fingerprint density at radius 3 is 2.41 bits per heavy atom. The Bertz CT molecular complexity index is 1590. The van der Waals surface area contributed by atoms with E-state index in [1.165, 1.54) is 50.4 Å². The fourth-order valence-corrected chi connectivity index (χ4v) is 4.37. The van der Waals surface area contributed by atoms with E-state index >= 15 is 0 Å². The van der Waals surface area contributed by atoms with Crippen LogP contribution in [0.3, 0.4) is 0 Å². The molecule has 2 aromatic carbocycles. The number of primary amides is 1. The number of methoxy groups -OCH3 is 1. The minimum Gasteiger partial charge on any atom is -0.494 e. The Kier molecular flexibility index (Phi) is 7.73. The van der Waals surface area contributed by atoms with Crippen molar-refractivity contribution in [3.05, 3.63) is 75.2 Å². The minimum atomic E-state index is -4.69. The Labute approximate surface area is 229 Å². The summed E-state index contributed by atoms with van der Waals surface area (Å²) in [5, 5.41) is 3.09. The van der Waals surface area contributed by atoms with Crippen molar-refractivity contribution in [2.24, 2.45) is 11.5 Å². The molecule has 14 heteroatoms. The first-order valence-corrected chi connectivity index (χ1v) is 11.9. The first kappa shape index (κ1) is 28.1. The summed E-state index contributed by atoms with van der Waals surface area (Å²) in [6, 6.07) is 7.00. The van der Waals surface area contributed by atoms with Gasteiger partial charge in [-0.25, -0.2) is 9.97 Å². The number of halogens is 5. The average molecular weight is 582 g/mol. The Hall–Kier alpha value is -3.87. The molecule has 0 saturated carbocycles. The molecule has 1 unspecified atom stereocenters. The van der Waals surface area contributed by atoms with E-state index in [1.54, 1.807) is 0 Å². The van der Waals surface area contributed by atoms with E-state index in [-0.39, 0.29) is 50.1 Å². The van der Waals surface area contributed by atoms with Crippen molar-refractivity contribution in [2.75, 3.05) is 7.11 Å². The number of carbonyl (C=O) groups excluding carboxylic acids is 2. The van der Waals surface area contributed by atoms with Gasteiger partial charge in [-0.1, -0.05) is 29.3 Å². The summed E-state index contributed by atoms with van der Waals surface area (Å²) in [7, 11) is 1.29. The van der Waals surface area contributed by atoms with Gasteiger partial charge in [-0.05, 0) is 43.3 Å². The van der Waals surface area contributed by atoms with Gasteiger partial charge in [0.15, 0.2) is 11.5 Å². The number of rotatable bonds is 7. The van der Waals surface area contributed by atoms with E-state index in [1.807, 2.05) is 0 Å². The lowest BCUT2D eigenvalue weighted by atomic mass is 10.1. The normalized spacial score (nSPS) is 13.2. The number of nitrogens with zero attached hydrogens (tertiary/aromatic N) is 2. The van der Waals surface area contributed by atoms with Crippen molar-refractivity contribution in [1.82, 2.24) is 15.3 Å². The zero-order valence-corrected chi connectivity index (χ0v) is 21.8. The summed E-state index contributed by atoms with van der Waals surface area (Å²) in [6.45, 7) is 1.53. The van der Waals surface area contributed by atoms with Gasteiger partial charge >= 0.3 is 6.18 Å². The van der Waals surface area contributed by atoms with Gasteiger partial charge < -0.3 is 25.9 Å². The minimum absolute atomic E-state index is 0.0447. The number of amides is 2. The first-order chi connectivity index (χ1) is 18.3. The zero-order chi connectivity index (χ0) is 28.6. The van der Waals surface area contributed by atoms with Crippen LogP contribution in [0.1, 0.15) is 46.5 Å². The van der Waals surface area contributed by atoms with Crippen molar-refractivity contribution in [3.8, 4) is 17.2 Å². The van der Waals surface area contributed by atoms with Crippen molar-refractivity contribution >= 4 is 45.9 Å². The molecule has 0 spiro atoms. The molecule has 2 amide bonds. The lowest BCUT2D eigenvalue weighted by Gasteiger charge is -2.17. The van der Waals surface area contributed by atoms with Crippen molar-refractivity contribution in [1.29, 1.82) is 0 Å². The second kappa shape index (κ2) is 10.7. The lowest BCUT2D eigenvalue weighted by molar-refractivity contribution is -0.141. The summed E-state index contributed by atoms with van der Waals surface area (Å²) in [5.41, 5.74) is 10.5. The first-order valence-electron chi connectivity index (χ1n) is 11.2. The van der Waals surface area contributed by atoms with Gasteiger partial charge in [0.05, 0.1) is 13.2 Å². The molecule has 2 heterocycles. The molecule has 4 rings (SSSR count). The van der Waals surface area contributed by atoms with Gasteiger partial charge in [-0.2, -0.15) is 13.2 Å². The van der Waals surface area contributed by atoms with E-state index in [0.717, 1.165) is 6.07 Å². The van der Waals surface area contributed by atoms with Crippen LogP contribution >= 0.6 is 23.2 Å². The number of pyridine rings is 1. The van der Waals surface area contributed by atoms with Crippen LogP contribution in [-0.4, -0.2) is 28.9 Å². The summed E-state index contributed by atoms with van der Waals surface area (Å²) in [4.78, 5) is 33.5. The Balaban J connectivity index is 1.79. The van der Waals surface area contributed by atoms with Crippen molar-refractivity contribution in [2.45, 2.75) is 25.2 Å². The molecular formula is C25H20Cl2F3N5O4. The summed E-state index contributed by atoms with van der Waals surface area (Å²) >= 11 is 12.1. The lowest BCUT2D eigenvalue weighted by Crippen LogP contribution is -2.38. The molecule has 204 valence electrons. The number of hydrogen-bond acceptors (Lipinski definition) is 7. The third-order valence-corrected chi connectivity index (χ3v) is 6.24. The second-order valence-electron chi connectivity index (χ2n) is 8.40. The maximum atomic E-state index is 13.3. The largest absolute Gasteiger partial charge is 0.494 e. The molecule has 0 radical (unpaired) electrons. The number of nitrogens with two attached hydrogens (primary N) is 2. The summed E-state index contributed by atoms with van der Waals surface area (Å²) < 4.78 is 50.9. The number of ether oxygens (including phenoxy) is 1. The standard InChI is InChI=1S/C25H20Cl2F3N5O4/c1-10(31)21-20(23(37)34-19(22(32)36)14-4-3-11(26)9-15(14)27)35-24(39-21)13-5-7-16(38-2)18-12(13)6-8-17(33-18)25(28,29)30/h3-10,19H,31H2,1-2H3,(H2,32,36)(H,34,37)/t10-,19?/m0/s1. The molecule has 2 atom stereocenters. The SMILES string of the molecule is COc1ccc(-c2nc(C(=O)NC(C(N)=O)c3ccc(Cl)cc3Cl)c([C@H](C)N)o2)c2ccc(C(F)(F)F)nc12. The quantitative estimate of drug-likeness (QED) is 0.272. The third kappa shape index (κ3) is 5.63. The van der Waals surface area contributed by atoms with Gasteiger partial charge in [-0.3, -0.25) is 9.59 Å². The fourth-order valence-electron chi connectivity index (χ4n) is 3.86. The van der Waals surface area contributed by atoms with Gasteiger partial charge in [-0.15, -0.1) is 0 Å². The van der Waals surface area contributed by atoms with E-state index in [4.69, 9.17) is 43.8 Å². The van der Waals surface area contributed by atoms with Crippen LogP contribution < -0.4 is 21.5 Å². The second-order valence-corrected chi connectivity index (χ2v) is 9.24. The van der Waals surface area contributed by atoms with Crippen molar-refractivity contribution in [3.63, 3.8) is 0 Å². The topological polar surface area (TPSA) is 146 Å². The number of oxazole rings is 1. The van der Waals surface area contributed by atoms with Gasteiger partial charge in [0.2, 0.25) is 11.8 Å². The number of alkyl halides is 3. The zero-order valence-electron chi connectivity index (χ0n) is 20.3. The van der Waals surface area contributed by atoms with E-state index in [0.29, 0.717) is 5.02 Å². The predicted octanol–water partition coefficient (Wildman–Crippen LogP) is 5.20. The molecule has 5 N–H and O–H groups in total. The van der Waals surface area contributed by atoms with Crippen LogP contribution in [-0.2, 0) is 11.0 Å². The number of nitrogens with one attached hydrogen (secondary N) is 1. The van der Waals surface area contributed by atoms with Crippen LogP contribution in [0, 0.1) is 0 Å². The molecule has 0 aliphatic heterocycles. The van der Waals surface area contributed by atoms with Crippen molar-refractivity contribution < 1.29 is 31.9 Å². The monoisotopic (exact) mass is 581 g/mol. The molecule has 2 aromatic heterocycles.